The first-order chi connectivity index (χ1) is 9.22. The van der Waals surface area contributed by atoms with Gasteiger partial charge in [-0.25, -0.2) is 4.79 Å². The molecule has 3 N–H and O–H groups in total. The van der Waals surface area contributed by atoms with Crippen LogP contribution in [0.5, 0.6) is 0 Å². The molecule has 2 aromatic rings. The fraction of sp³-hybridized carbons (Fsp3) is 0.357. The number of rotatable bonds is 4. The Bertz CT molecular complexity index is 604. The van der Waals surface area contributed by atoms with E-state index in [0.717, 1.165) is 35.2 Å². The maximum atomic E-state index is 11.5. The van der Waals surface area contributed by atoms with Crippen LogP contribution in [-0.4, -0.2) is 23.6 Å². The molecule has 2 amide bonds. The van der Waals surface area contributed by atoms with E-state index >= 15 is 0 Å². The number of H-pyrrole nitrogens is 1. The van der Waals surface area contributed by atoms with Crippen molar-refractivity contribution >= 4 is 28.5 Å². The summed E-state index contributed by atoms with van der Waals surface area (Å²) in [6.45, 7) is 0.633. The summed E-state index contributed by atoms with van der Waals surface area (Å²) in [5.74, 6) is 0. The summed E-state index contributed by atoms with van der Waals surface area (Å²) >= 11 is 5.94. The SMILES string of the molecule is O=C(NCCc1c[nH]c2cc(Cl)ccc12)NC1CC1. The first kappa shape index (κ1) is 12.4. The van der Waals surface area contributed by atoms with Crippen molar-refractivity contribution in [2.75, 3.05) is 6.54 Å². The highest BCUT2D eigenvalue weighted by Crippen LogP contribution is 2.22. The minimum absolute atomic E-state index is 0.0645. The van der Waals surface area contributed by atoms with Crippen LogP contribution in [0, 0.1) is 0 Å². The molecule has 1 aliphatic carbocycles. The van der Waals surface area contributed by atoms with Gasteiger partial charge in [-0.2, -0.15) is 0 Å². The summed E-state index contributed by atoms with van der Waals surface area (Å²) in [6.07, 6.45) is 4.99. The van der Waals surface area contributed by atoms with Crippen LogP contribution in [0.1, 0.15) is 18.4 Å². The highest BCUT2D eigenvalue weighted by Gasteiger charge is 2.22. The lowest BCUT2D eigenvalue weighted by molar-refractivity contribution is 0.240. The predicted octanol–water partition coefficient (Wildman–Crippen LogP) is 2.83. The van der Waals surface area contributed by atoms with Crippen molar-refractivity contribution in [2.45, 2.75) is 25.3 Å². The molecule has 0 aliphatic heterocycles. The molecule has 1 aromatic heterocycles. The van der Waals surface area contributed by atoms with Gasteiger partial charge >= 0.3 is 6.03 Å². The Morgan fingerprint density at radius 1 is 1.42 bits per heavy atom. The molecule has 3 rings (SSSR count). The zero-order valence-electron chi connectivity index (χ0n) is 10.5. The number of halogens is 1. The number of aromatic amines is 1. The maximum Gasteiger partial charge on any atom is 0.315 e. The molecule has 0 bridgehead atoms. The van der Waals surface area contributed by atoms with Crippen LogP contribution in [0.3, 0.4) is 0 Å². The summed E-state index contributed by atoms with van der Waals surface area (Å²) in [6, 6.07) is 6.14. The van der Waals surface area contributed by atoms with Gasteiger partial charge in [0.2, 0.25) is 0 Å². The smallest absolute Gasteiger partial charge is 0.315 e. The molecular formula is C14H16ClN3O. The van der Waals surface area contributed by atoms with Crippen LogP contribution in [0.2, 0.25) is 5.02 Å². The summed E-state index contributed by atoms with van der Waals surface area (Å²) in [7, 11) is 0. The van der Waals surface area contributed by atoms with Gasteiger partial charge in [-0.1, -0.05) is 17.7 Å². The summed E-state index contributed by atoms with van der Waals surface area (Å²) in [5, 5.41) is 7.67. The van der Waals surface area contributed by atoms with Crippen LogP contribution >= 0.6 is 11.6 Å². The van der Waals surface area contributed by atoms with Gasteiger partial charge in [0.05, 0.1) is 0 Å². The molecule has 1 saturated carbocycles. The van der Waals surface area contributed by atoms with E-state index < -0.39 is 0 Å². The van der Waals surface area contributed by atoms with E-state index in [-0.39, 0.29) is 6.03 Å². The Hall–Kier alpha value is -1.68. The summed E-state index contributed by atoms with van der Waals surface area (Å²) < 4.78 is 0. The molecule has 0 atom stereocenters. The minimum atomic E-state index is -0.0645. The average Bonchev–Trinajstić information content (AvgIpc) is 3.10. The number of urea groups is 1. The van der Waals surface area contributed by atoms with Crippen LogP contribution in [0.15, 0.2) is 24.4 Å². The standard InChI is InChI=1S/C14H16ClN3O/c15-10-1-4-12-9(8-17-13(12)7-10)5-6-16-14(19)18-11-2-3-11/h1,4,7-8,11,17H,2-3,5-6H2,(H2,16,18,19). The Kier molecular flexibility index (Phi) is 3.34. The molecule has 1 aromatic carbocycles. The van der Waals surface area contributed by atoms with Crippen molar-refractivity contribution in [1.82, 2.24) is 15.6 Å². The fourth-order valence-corrected chi connectivity index (χ4v) is 2.31. The Labute approximate surface area is 116 Å². The molecule has 19 heavy (non-hydrogen) atoms. The molecule has 1 fully saturated rings. The quantitative estimate of drug-likeness (QED) is 0.791. The molecule has 0 radical (unpaired) electrons. The second-order valence-corrected chi connectivity index (χ2v) is 5.36. The van der Waals surface area contributed by atoms with E-state index in [9.17, 15) is 4.79 Å². The Morgan fingerprint density at radius 3 is 3.05 bits per heavy atom. The first-order valence-electron chi connectivity index (χ1n) is 6.52. The van der Waals surface area contributed by atoms with Gasteiger partial charge in [0.15, 0.2) is 0 Å². The third-order valence-corrected chi connectivity index (χ3v) is 3.56. The monoisotopic (exact) mass is 277 g/mol. The fourth-order valence-electron chi connectivity index (χ4n) is 2.14. The Balaban J connectivity index is 1.57. The number of hydrogen-bond acceptors (Lipinski definition) is 1. The second kappa shape index (κ2) is 5.13. The maximum absolute atomic E-state index is 11.5. The highest BCUT2D eigenvalue weighted by atomic mass is 35.5. The number of carbonyl (C=O) groups excluding carboxylic acids is 1. The topological polar surface area (TPSA) is 56.9 Å². The van der Waals surface area contributed by atoms with E-state index in [4.69, 9.17) is 11.6 Å². The van der Waals surface area contributed by atoms with E-state index in [1.54, 1.807) is 0 Å². The highest BCUT2D eigenvalue weighted by molar-refractivity contribution is 6.31. The van der Waals surface area contributed by atoms with Gasteiger partial charge in [0.25, 0.3) is 0 Å². The lowest BCUT2D eigenvalue weighted by Crippen LogP contribution is -2.37. The Morgan fingerprint density at radius 2 is 2.26 bits per heavy atom. The number of nitrogens with one attached hydrogen (secondary N) is 3. The summed E-state index contributed by atoms with van der Waals surface area (Å²) in [5.41, 5.74) is 2.23. The number of carbonyl (C=O) groups is 1. The van der Waals surface area contributed by atoms with Gasteiger partial charge in [0.1, 0.15) is 0 Å². The number of aromatic nitrogens is 1. The molecule has 100 valence electrons. The number of benzene rings is 1. The van der Waals surface area contributed by atoms with Crippen molar-refractivity contribution in [3.8, 4) is 0 Å². The lowest BCUT2D eigenvalue weighted by atomic mass is 10.1. The van der Waals surface area contributed by atoms with Gasteiger partial charge in [-0.15, -0.1) is 0 Å². The van der Waals surface area contributed by atoms with Crippen molar-refractivity contribution in [2.24, 2.45) is 0 Å². The largest absolute Gasteiger partial charge is 0.361 e. The molecule has 1 aliphatic rings. The summed E-state index contributed by atoms with van der Waals surface area (Å²) in [4.78, 5) is 14.7. The van der Waals surface area contributed by atoms with Gasteiger partial charge < -0.3 is 15.6 Å². The lowest BCUT2D eigenvalue weighted by Gasteiger charge is -2.05. The second-order valence-electron chi connectivity index (χ2n) is 4.93. The van der Waals surface area contributed by atoms with Crippen molar-refractivity contribution < 1.29 is 4.79 Å². The zero-order chi connectivity index (χ0) is 13.2. The van der Waals surface area contributed by atoms with Gasteiger partial charge in [0, 0.05) is 34.7 Å². The van der Waals surface area contributed by atoms with Crippen LogP contribution in [-0.2, 0) is 6.42 Å². The molecule has 4 nitrogen and oxygen atoms in total. The first-order valence-corrected chi connectivity index (χ1v) is 6.90. The van der Waals surface area contributed by atoms with E-state index in [0.29, 0.717) is 12.6 Å². The van der Waals surface area contributed by atoms with E-state index in [1.807, 2.05) is 24.4 Å². The molecule has 5 heteroatoms. The molecule has 0 saturated heterocycles. The molecule has 0 unspecified atom stereocenters. The van der Waals surface area contributed by atoms with Crippen LogP contribution < -0.4 is 10.6 Å². The molecule has 1 heterocycles. The van der Waals surface area contributed by atoms with E-state index in [1.165, 1.54) is 5.56 Å². The van der Waals surface area contributed by atoms with Crippen molar-refractivity contribution in [3.63, 3.8) is 0 Å². The number of hydrogen-bond donors (Lipinski definition) is 3. The van der Waals surface area contributed by atoms with Gasteiger partial charge in [-0.3, -0.25) is 0 Å². The van der Waals surface area contributed by atoms with Crippen molar-refractivity contribution in [1.29, 1.82) is 0 Å². The van der Waals surface area contributed by atoms with Gasteiger partial charge in [-0.05, 0) is 37.0 Å². The normalized spacial score (nSPS) is 14.6. The predicted molar refractivity (Wildman–Crippen MR) is 76.6 cm³/mol. The van der Waals surface area contributed by atoms with Crippen LogP contribution in [0.25, 0.3) is 10.9 Å². The third-order valence-electron chi connectivity index (χ3n) is 3.32. The number of amides is 2. The van der Waals surface area contributed by atoms with E-state index in [2.05, 4.69) is 15.6 Å². The van der Waals surface area contributed by atoms with Crippen LogP contribution in [0.4, 0.5) is 4.79 Å². The molecule has 0 spiro atoms. The minimum Gasteiger partial charge on any atom is -0.361 e. The zero-order valence-corrected chi connectivity index (χ0v) is 11.3. The average molecular weight is 278 g/mol. The third kappa shape index (κ3) is 3.01. The van der Waals surface area contributed by atoms with Crippen molar-refractivity contribution in [3.05, 3.63) is 35.0 Å². The molecular weight excluding hydrogens is 262 g/mol. The number of fused-ring (bicyclic) bond motifs is 1.